The fourth-order valence-electron chi connectivity index (χ4n) is 2.78. The summed E-state index contributed by atoms with van der Waals surface area (Å²) in [7, 11) is -0.839. The van der Waals surface area contributed by atoms with E-state index in [0.717, 1.165) is 5.30 Å². The van der Waals surface area contributed by atoms with Gasteiger partial charge in [0.1, 0.15) is 0 Å². The number of carbonyl (C=O) groups is 1. The van der Waals surface area contributed by atoms with Crippen LogP contribution in [0.1, 0.15) is 31.1 Å². The van der Waals surface area contributed by atoms with Gasteiger partial charge < -0.3 is 4.74 Å². The molecule has 3 aromatic carbocycles. The van der Waals surface area contributed by atoms with Crippen LogP contribution in [0.4, 0.5) is 0 Å². The Morgan fingerprint density at radius 2 is 1.26 bits per heavy atom. The Kier molecular flexibility index (Phi) is 6.08. The first-order chi connectivity index (χ1) is 13.0. The van der Waals surface area contributed by atoms with E-state index in [0.29, 0.717) is 12.2 Å². The highest BCUT2D eigenvalue weighted by Gasteiger charge is 2.24. The Bertz CT molecular complexity index is 844. The third kappa shape index (κ3) is 5.05. The first-order valence-corrected chi connectivity index (χ1v) is 10.5. The van der Waals surface area contributed by atoms with Gasteiger partial charge in [-0.15, -0.1) is 0 Å². The van der Waals surface area contributed by atoms with Crippen LogP contribution in [0.5, 0.6) is 0 Å². The van der Waals surface area contributed by atoms with Crippen molar-refractivity contribution in [2.24, 2.45) is 5.41 Å². The molecule has 0 amide bonds. The molecular formula is C24H25O2P. The van der Waals surface area contributed by atoms with Crippen LogP contribution >= 0.6 is 7.92 Å². The van der Waals surface area contributed by atoms with Crippen molar-refractivity contribution in [2.75, 3.05) is 6.61 Å². The van der Waals surface area contributed by atoms with Gasteiger partial charge in [0, 0.05) is 0 Å². The second-order valence-electron chi connectivity index (χ2n) is 7.66. The first kappa shape index (κ1) is 19.3. The quantitative estimate of drug-likeness (QED) is 0.479. The van der Waals surface area contributed by atoms with Gasteiger partial charge in [-0.1, -0.05) is 99.6 Å². The van der Waals surface area contributed by atoms with E-state index in [2.05, 4.69) is 51.1 Å². The molecule has 0 radical (unpaired) electrons. The van der Waals surface area contributed by atoms with Crippen LogP contribution in [0.25, 0.3) is 0 Å². The zero-order valence-electron chi connectivity index (χ0n) is 16.1. The van der Waals surface area contributed by atoms with E-state index in [4.69, 9.17) is 4.74 Å². The fraction of sp³-hybridized carbons (Fsp3) is 0.208. The van der Waals surface area contributed by atoms with Crippen molar-refractivity contribution in [3.63, 3.8) is 0 Å². The monoisotopic (exact) mass is 376 g/mol. The maximum Gasteiger partial charge on any atom is 0.338 e. The average Bonchev–Trinajstić information content (AvgIpc) is 2.68. The van der Waals surface area contributed by atoms with Crippen LogP contribution in [-0.2, 0) is 4.74 Å². The van der Waals surface area contributed by atoms with Gasteiger partial charge in [-0.05, 0) is 35.3 Å². The summed E-state index contributed by atoms with van der Waals surface area (Å²) in [6, 6.07) is 28.6. The minimum atomic E-state index is -0.839. The first-order valence-electron chi connectivity index (χ1n) is 9.12. The molecule has 0 atom stereocenters. The van der Waals surface area contributed by atoms with Crippen LogP contribution in [0.3, 0.4) is 0 Å². The number of benzene rings is 3. The zero-order chi connectivity index (χ0) is 19.3. The third-order valence-electron chi connectivity index (χ3n) is 4.03. The topological polar surface area (TPSA) is 26.3 Å². The standard InChI is InChI=1S/C24H25O2P/c1-24(2,3)18-26-23(25)21-16-10-11-17-22(21)27(19-12-6-4-7-13-19)20-14-8-5-9-15-20/h4-17H,18H2,1-3H3. The number of ether oxygens (including phenoxy) is 1. The minimum absolute atomic E-state index is 0.0613. The Labute approximate surface area is 163 Å². The molecule has 0 spiro atoms. The lowest BCUT2D eigenvalue weighted by Gasteiger charge is -2.23. The van der Waals surface area contributed by atoms with Crippen molar-refractivity contribution >= 4 is 29.8 Å². The predicted octanol–water partition coefficient (Wildman–Crippen LogP) is 4.65. The number of esters is 1. The molecule has 0 bridgehead atoms. The van der Waals surface area contributed by atoms with Gasteiger partial charge in [-0.3, -0.25) is 0 Å². The molecule has 138 valence electrons. The second-order valence-corrected chi connectivity index (χ2v) is 9.85. The number of hydrogen-bond acceptors (Lipinski definition) is 2. The smallest absolute Gasteiger partial charge is 0.338 e. The van der Waals surface area contributed by atoms with Gasteiger partial charge in [-0.25, -0.2) is 4.79 Å². The number of hydrogen-bond donors (Lipinski definition) is 0. The van der Waals surface area contributed by atoms with Gasteiger partial charge in [-0.2, -0.15) is 0 Å². The molecule has 0 N–H and O–H groups in total. The predicted molar refractivity (Wildman–Crippen MR) is 115 cm³/mol. The summed E-state index contributed by atoms with van der Waals surface area (Å²) < 4.78 is 5.63. The van der Waals surface area contributed by atoms with Crippen LogP contribution in [0.2, 0.25) is 0 Å². The highest BCUT2D eigenvalue weighted by molar-refractivity contribution is 7.80. The van der Waals surface area contributed by atoms with Crippen molar-refractivity contribution in [3.8, 4) is 0 Å². The molecule has 0 saturated heterocycles. The van der Waals surface area contributed by atoms with Crippen molar-refractivity contribution in [1.29, 1.82) is 0 Å². The molecule has 0 unspecified atom stereocenters. The van der Waals surface area contributed by atoms with Crippen LogP contribution in [0, 0.1) is 5.41 Å². The van der Waals surface area contributed by atoms with Gasteiger partial charge in [0.15, 0.2) is 0 Å². The van der Waals surface area contributed by atoms with E-state index in [-0.39, 0.29) is 11.4 Å². The Morgan fingerprint density at radius 3 is 1.78 bits per heavy atom. The SMILES string of the molecule is CC(C)(C)COC(=O)c1ccccc1P(c1ccccc1)c1ccccc1. The summed E-state index contributed by atoms with van der Waals surface area (Å²) in [4.78, 5) is 12.9. The summed E-state index contributed by atoms with van der Waals surface area (Å²) in [5.41, 5.74) is 0.592. The minimum Gasteiger partial charge on any atom is -0.462 e. The summed E-state index contributed by atoms with van der Waals surface area (Å²) >= 11 is 0. The molecule has 3 heteroatoms. The fourth-order valence-corrected chi connectivity index (χ4v) is 5.22. The van der Waals surface area contributed by atoms with E-state index in [1.54, 1.807) is 0 Å². The molecule has 3 rings (SSSR count). The summed E-state index contributed by atoms with van der Waals surface area (Å²) in [6.45, 7) is 6.59. The largest absolute Gasteiger partial charge is 0.462 e. The van der Waals surface area contributed by atoms with Crippen LogP contribution in [0.15, 0.2) is 84.9 Å². The van der Waals surface area contributed by atoms with Crippen LogP contribution < -0.4 is 15.9 Å². The number of rotatable bonds is 5. The van der Waals surface area contributed by atoms with Gasteiger partial charge in [0.25, 0.3) is 0 Å². The molecule has 3 aromatic rings. The summed E-state index contributed by atoms with van der Waals surface area (Å²) in [5, 5.41) is 3.47. The van der Waals surface area contributed by atoms with Crippen molar-refractivity contribution in [1.82, 2.24) is 0 Å². The van der Waals surface area contributed by atoms with Crippen molar-refractivity contribution in [3.05, 3.63) is 90.5 Å². The lowest BCUT2D eigenvalue weighted by atomic mass is 9.99. The van der Waals surface area contributed by atoms with E-state index < -0.39 is 7.92 Å². The molecule has 0 aliphatic rings. The molecule has 0 heterocycles. The molecule has 0 saturated carbocycles. The zero-order valence-corrected chi connectivity index (χ0v) is 16.9. The molecular weight excluding hydrogens is 351 g/mol. The summed E-state index contributed by atoms with van der Waals surface area (Å²) in [5.74, 6) is -0.250. The van der Waals surface area contributed by atoms with E-state index in [9.17, 15) is 4.79 Å². The maximum absolute atomic E-state index is 12.9. The van der Waals surface area contributed by atoms with Crippen LogP contribution in [-0.4, -0.2) is 12.6 Å². The highest BCUT2D eigenvalue weighted by atomic mass is 31.1. The van der Waals surface area contributed by atoms with Crippen molar-refractivity contribution < 1.29 is 9.53 Å². The Hall–Kier alpha value is -2.44. The molecule has 0 aliphatic heterocycles. The van der Waals surface area contributed by atoms with E-state index >= 15 is 0 Å². The van der Waals surface area contributed by atoms with Gasteiger partial charge in [0.2, 0.25) is 0 Å². The van der Waals surface area contributed by atoms with E-state index in [1.807, 2.05) is 54.6 Å². The van der Waals surface area contributed by atoms with Crippen molar-refractivity contribution in [2.45, 2.75) is 20.8 Å². The normalized spacial score (nSPS) is 11.4. The maximum atomic E-state index is 12.9. The highest BCUT2D eigenvalue weighted by Crippen LogP contribution is 2.34. The molecule has 0 fully saturated rings. The number of carbonyl (C=O) groups excluding carboxylic acids is 1. The second kappa shape index (κ2) is 8.50. The Balaban J connectivity index is 2.05. The summed E-state index contributed by atoms with van der Waals surface area (Å²) in [6.07, 6.45) is 0. The third-order valence-corrected chi connectivity index (χ3v) is 6.53. The lowest BCUT2D eigenvalue weighted by Crippen LogP contribution is -2.27. The molecule has 0 aliphatic carbocycles. The van der Waals surface area contributed by atoms with E-state index in [1.165, 1.54) is 10.6 Å². The van der Waals surface area contributed by atoms with Gasteiger partial charge in [0.05, 0.1) is 12.2 Å². The Morgan fingerprint density at radius 1 is 0.778 bits per heavy atom. The molecule has 0 aromatic heterocycles. The molecule has 2 nitrogen and oxygen atoms in total. The average molecular weight is 376 g/mol. The lowest BCUT2D eigenvalue weighted by molar-refractivity contribution is 0.0368. The molecule has 27 heavy (non-hydrogen) atoms. The van der Waals surface area contributed by atoms with Gasteiger partial charge >= 0.3 is 5.97 Å².